The Balaban J connectivity index is 1.42. The molecule has 0 spiro atoms. The van der Waals surface area contributed by atoms with Crippen molar-refractivity contribution in [1.82, 2.24) is 5.32 Å². The van der Waals surface area contributed by atoms with Crippen molar-refractivity contribution >= 4 is 15.7 Å². The molecule has 130 valence electrons. The maximum Gasteiger partial charge on any atom is 0.251 e. The van der Waals surface area contributed by atoms with Crippen LogP contribution in [0.1, 0.15) is 48.9 Å². The topological polar surface area (TPSA) is 63.2 Å². The van der Waals surface area contributed by atoms with Gasteiger partial charge in [0.1, 0.15) is 0 Å². The normalized spacial score (nSPS) is 34.3. The minimum absolute atomic E-state index is 0.0919. The molecule has 4 aliphatic carbocycles. The van der Waals surface area contributed by atoms with Crippen molar-refractivity contribution in [2.45, 2.75) is 43.4 Å². The number of sulfone groups is 1. The van der Waals surface area contributed by atoms with Gasteiger partial charge in [-0.1, -0.05) is 0 Å². The Morgan fingerprint density at radius 2 is 1.54 bits per heavy atom. The van der Waals surface area contributed by atoms with Crippen LogP contribution in [0.5, 0.6) is 0 Å². The van der Waals surface area contributed by atoms with Crippen LogP contribution in [0.3, 0.4) is 0 Å². The van der Waals surface area contributed by atoms with Crippen LogP contribution in [-0.4, -0.2) is 27.1 Å². The molecule has 4 nitrogen and oxygen atoms in total. The van der Waals surface area contributed by atoms with Crippen LogP contribution >= 0.6 is 0 Å². The maximum atomic E-state index is 12.4. The second-order valence-corrected chi connectivity index (χ2v) is 10.4. The SMILES string of the molecule is CS(=O)(=O)c1ccc(C(=O)NCC23CC4CC(CC(C4)C2)C3)cc1. The Kier molecular flexibility index (Phi) is 3.75. The summed E-state index contributed by atoms with van der Waals surface area (Å²) in [5.74, 6) is 2.54. The van der Waals surface area contributed by atoms with E-state index in [9.17, 15) is 13.2 Å². The van der Waals surface area contributed by atoms with E-state index in [0.717, 1.165) is 24.3 Å². The van der Waals surface area contributed by atoms with Gasteiger partial charge in [-0.3, -0.25) is 4.79 Å². The fraction of sp³-hybridized carbons (Fsp3) is 0.632. The van der Waals surface area contributed by atoms with E-state index >= 15 is 0 Å². The predicted molar refractivity (Wildman–Crippen MR) is 92.5 cm³/mol. The summed E-state index contributed by atoms with van der Waals surface area (Å²) < 4.78 is 23.0. The molecule has 1 aromatic rings. The molecule has 4 fully saturated rings. The van der Waals surface area contributed by atoms with E-state index in [4.69, 9.17) is 0 Å². The van der Waals surface area contributed by atoms with Gasteiger partial charge in [-0.2, -0.15) is 0 Å². The van der Waals surface area contributed by atoms with Gasteiger partial charge in [-0.25, -0.2) is 8.42 Å². The van der Waals surface area contributed by atoms with Crippen LogP contribution in [0.15, 0.2) is 29.2 Å². The van der Waals surface area contributed by atoms with Gasteiger partial charge in [0.15, 0.2) is 9.84 Å². The molecule has 1 amide bonds. The second kappa shape index (κ2) is 5.58. The Morgan fingerprint density at radius 1 is 1.04 bits per heavy atom. The van der Waals surface area contributed by atoms with Gasteiger partial charge in [0.2, 0.25) is 0 Å². The van der Waals surface area contributed by atoms with Crippen LogP contribution in [0.4, 0.5) is 0 Å². The van der Waals surface area contributed by atoms with Gasteiger partial charge in [0.05, 0.1) is 4.90 Å². The minimum atomic E-state index is -3.22. The van der Waals surface area contributed by atoms with Crippen molar-refractivity contribution in [3.8, 4) is 0 Å². The summed E-state index contributed by atoms with van der Waals surface area (Å²) in [6.45, 7) is 0.767. The standard InChI is InChI=1S/C19H25NO3S/c1-24(22,23)17-4-2-16(3-5-17)18(21)20-12-19-9-13-6-14(10-19)8-15(7-13)11-19/h2-5,13-15H,6-12H2,1H3,(H,20,21). The summed E-state index contributed by atoms with van der Waals surface area (Å²) in [6, 6.07) is 6.22. The number of carbonyl (C=O) groups excluding carboxylic acids is 1. The van der Waals surface area contributed by atoms with Gasteiger partial charge in [-0.05, 0) is 86.0 Å². The molecule has 24 heavy (non-hydrogen) atoms. The number of rotatable bonds is 4. The van der Waals surface area contributed by atoms with E-state index in [1.165, 1.54) is 56.9 Å². The lowest BCUT2D eigenvalue weighted by molar-refractivity contribution is -0.0503. The lowest BCUT2D eigenvalue weighted by Gasteiger charge is -2.56. The number of hydrogen-bond donors (Lipinski definition) is 1. The van der Waals surface area contributed by atoms with Crippen molar-refractivity contribution in [1.29, 1.82) is 0 Å². The van der Waals surface area contributed by atoms with Crippen molar-refractivity contribution in [2.75, 3.05) is 12.8 Å². The summed E-state index contributed by atoms with van der Waals surface area (Å²) in [5, 5.41) is 3.13. The third-order valence-corrected chi connectivity index (χ3v) is 7.46. The highest BCUT2D eigenvalue weighted by Gasteiger charge is 2.50. The zero-order valence-electron chi connectivity index (χ0n) is 14.1. The Bertz CT molecular complexity index is 716. The fourth-order valence-electron chi connectivity index (χ4n) is 5.73. The molecule has 0 heterocycles. The molecule has 5 heteroatoms. The van der Waals surface area contributed by atoms with Gasteiger partial charge in [0.25, 0.3) is 5.91 Å². The summed E-state index contributed by atoms with van der Waals surface area (Å²) in [4.78, 5) is 12.7. The third kappa shape index (κ3) is 2.99. The van der Waals surface area contributed by atoms with Crippen molar-refractivity contribution in [2.24, 2.45) is 23.2 Å². The van der Waals surface area contributed by atoms with E-state index in [1.54, 1.807) is 12.1 Å². The zero-order valence-corrected chi connectivity index (χ0v) is 14.9. The zero-order chi connectivity index (χ0) is 16.9. The van der Waals surface area contributed by atoms with Crippen molar-refractivity contribution in [3.63, 3.8) is 0 Å². The molecular weight excluding hydrogens is 322 g/mol. The maximum absolute atomic E-state index is 12.4. The quantitative estimate of drug-likeness (QED) is 0.910. The van der Waals surface area contributed by atoms with Crippen LogP contribution in [-0.2, 0) is 9.84 Å². The van der Waals surface area contributed by atoms with E-state index in [2.05, 4.69) is 5.32 Å². The molecule has 1 aromatic carbocycles. The summed E-state index contributed by atoms with van der Waals surface area (Å²) >= 11 is 0. The van der Waals surface area contributed by atoms with Gasteiger partial charge in [0, 0.05) is 18.4 Å². The molecule has 4 aliphatic rings. The molecular formula is C19H25NO3S. The number of benzene rings is 1. The van der Waals surface area contributed by atoms with Crippen molar-refractivity contribution < 1.29 is 13.2 Å². The lowest BCUT2D eigenvalue weighted by atomic mass is 9.49. The molecule has 1 N–H and O–H groups in total. The first kappa shape index (κ1) is 16.1. The third-order valence-electron chi connectivity index (χ3n) is 6.33. The largest absolute Gasteiger partial charge is 0.351 e. The van der Waals surface area contributed by atoms with Crippen LogP contribution in [0, 0.1) is 23.2 Å². The molecule has 0 aromatic heterocycles. The molecule has 5 rings (SSSR count). The summed E-state index contributed by atoms with van der Waals surface area (Å²) in [6.07, 6.45) is 9.19. The van der Waals surface area contributed by atoms with Crippen molar-refractivity contribution in [3.05, 3.63) is 29.8 Å². The Labute approximate surface area is 143 Å². The van der Waals surface area contributed by atoms with E-state index in [0.29, 0.717) is 11.0 Å². The lowest BCUT2D eigenvalue weighted by Crippen LogP contribution is -2.51. The van der Waals surface area contributed by atoms with E-state index in [1.807, 2.05) is 0 Å². The smallest absolute Gasteiger partial charge is 0.251 e. The molecule has 0 unspecified atom stereocenters. The van der Waals surface area contributed by atoms with Crippen LogP contribution in [0.2, 0.25) is 0 Å². The highest BCUT2D eigenvalue weighted by atomic mass is 32.2. The number of amides is 1. The Hall–Kier alpha value is -1.36. The van der Waals surface area contributed by atoms with E-state index in [-0.39, 0.29) is 10.8 Å². The molecule has 0 saturated heterocycles. The first-order chi connectivity index (χ1) is 11.3. The number of hydrogen-bond acceptors (Lipinski definition) is 3. The number of carbonyl (C=O) groups is 1. The monoisotopic (exact) mass is 347 g/mol. The minimum Gasteiger partial charge on any atom is -0.351 e. The Morgan fingerprint density at radius 3 is 2.00 bits per heavy atom. The summed E-state index contributed by atoms with van der Waals surface area (Å²) in [5.41, 5.74) is 0.851. The summed E-state index contributed by atoms with van der Waals surface area (Å²) in [7, 11) is -3.22. The van der Waals surface area contributed by atoms with Gasteiger partial charge in [-0.15, -0.1) is 0 Å². The average molecular weight is 347 g/mol. The second-order valence-electron chi connectivity index (χ2n) is 8.40. The predicted octanol–water partition coefficient (Wildman–Crippen LogP) is 3.04. The van der Waals surface area contributed by atoms with Crippen LogP contribution in [0.25, 0.3) is 0 Å². The molecule has 0 radical (unpaired) electrons. The first-order valence-electron chi connectivity index (χ1n) is 8.91. The van der Waals surface area contributed by atoms with Gasteiger partial charge >= 0.3 is 0 Å². The van der Waals surface area contributed by atoms with E-state index < -0.39 is 9.84 Å². The molecule has 4 saturated carbocycles. The highest BCUT2D eigenvalue weighted by Crippen LogP contribution is 2.59. The number of nitrogens with one attached hydrogen (secondary N) is 1. The highest BCUT2D eigenvalue weighted by molar-refractivity contribution is 7.90. The molecule has 0 atom stereocenters. The van der Waals surface area contributed by atoms with Crippen LogP contribution < -0.4 is 5.32 Å². The molecule has 4 bridgehead atoms. The first-order valence-corrected chi connectivity index (χ1v) is 10.8. The fourth-order valence-corrected chi connectivity index (χ4v) is 6.36. The average Bonchev–Trinajstić information content (AvgIpc) is 2.51. The van der Waals surface area contributed by atoms with Gasteiger partial charge < -0.3 is 5.32 Å². The molecule has 0 aliphatic heterocycles.